The first-order valence-corrected chi connectivity index (χ1v) is 4.23. The first-order chi connectivity index (χ1) is 6.09. The van der Waals surface area contributed by atoms with Crippen LogP contribution >= 0.6 is 11.6 Å². The van der Waals surface area contributed by atoms with Crippen LogP contribution in [0.2, 0.25) is 5.02 Å². The minimum atomic E-state index is -0.0592. The Bertz CT molecular complexity index is 476. The minimum absolute atomic E-state index is 0.0592. The van der Waals surface area contributed by atoms with Crippen molar-refractivity contribution in [3.63, 3.8) is 0 Å². The minimum Gasteiger partial charge on any atom is -0.504 e. The average Bonchev–Trinajstić information content (AvgIpc) is 2.42. The number of nitrogens with one attached hydrogen (secondary N) is 1. The van der Waals surface area contributed by atoms with Gasteiger partial charge in [-0.15, -0.1) is 0 Å². The quantitative estimate of drug-likeness (QED) is 0.448. The highest BCUT2D eigenvalue weighted by Gasteiger charge is 2.09. The van der Waals surface area contributed by atoms with Crippen LogP contribution in [0.3, 0.4) is 0 Å². The maximum Gasteiger partial charge on any atom is 0.159 e. The van der Waals surface area contributed by atoms with Gasteiger partial charge in [-0.25, -0.2) is 0 Å². The molecule has 4 heteroatoms. The Labute approximate surface area is 80.1 Å². The molecule has 0 amide bonds. The number of anilines is 1. The molecule has 0 aliphatic heterocycles. The van der Waals surface area contributed by atoms with Gasteiger partial charge in [-0.3, -0.25) is 0 Å². The number of fused-ring (bicyclic) bond motifs is 1. The number of aromatic hydroxyl groups is 1. The molecule has 0 aliphatic carbocycles. The summed E-state index contributed by atoms with van der Waals surface area (Å²) >= 11 is 5.76. The van der Waals surface area contributed by atoms with Gasteiger partial charge in [-0.2, -0.15) is 0 Å². The van der Waals surface area contributed by atoms with E-state index in [1.807, 2.05) is 13.0 Å². The molecular weight excluding hydrogens is 188 g/mol. The van der Waals surface area contributed by atoms with Crippen LogP contribution in [0.1, 0.15) is 5.69 Å². The topological polar surface area (TPSA) is 62.0 Å². The highest BCUT2D eigenvalue weighted by atomic mass is 35.5. The molecule has 4 N–H and O–H groups in total. The number of H-pyrrole nitrogens is 1. The van der Waals surface area contributed by atoms with Gasteiger partial charge in [0.15, 0.2) is 5.75 Å². The van der Waals surface area contributed by atoms with E-state index in [4.69, 9.17) is 17.3 Å². The fraction of sp³-hybridized carbons (Fsp3) is 0.111. The second-order valence-corrected chi connectivity index (χ2v) is 3.44. The Morgan fingerprint density at radius 3 is 2.85 bits per heavy atom. The second-order valence-electron chi connectivity index (χ2n) is 3.04. The van der Waals surface area contributed by atoms with Crippen molar-refractivity contribution < 1.29 is 5.11 Å². The largest absolute Gasteiger partial charge is 0.504 e. The summed E-state index contributed by atoms with van der Waals surface area (Å²) in [5.74, 6) is -0.0592. The maximum absolute atomic E-state index is 9.44. The number of hydrogen-bond acceptors (Lipinski definition) is 2. The molecule has 2 aromatic rings. The number of aromatic amines is 1. The Morgan fingerprint density at radius 1 is 1.46 bits per heavy atom. The van der Waals surface area contributed by atoms with Gasteiger partial charge in [0.2, 0.25) is 0 Å². The molecule has 2 rings (SSSR count). The lowest BCUT2D eigenvalue weighted by molar-refractivity contribution is 0.479. The van der Waals surface area contributed by atoms with E-state index in [1.54, 1.807) is 6.07 Å². The lowest BCUT2D eigenvalue weighted by atomic mass is 10.2. The summed E-state index contributed by atoms with van der Waals surface area (Å²) in [4.78, 5) is 3.05. The van der Waals surface area contributed by atoms with Crippen molar-refractivity contribution >= 4 is 28.2 Å². The number of nitrogen functional groups attached to an aromatic ring is 1. The molecule has 3 nitrogen and oxygen atoms in total. The van der Waals surface area contributed by atoms with E-state index in [1.165, 1.54) is 0 Å². The molecular formula is C9H9ClN2O. The van der Waals surface area contributed by atoms with Crippen LogP contribution in [0.4, 0.5) is 5.69 Å². The molecule has 68 valence electrons. The molecule has 0 aliphatic rings. The van der Waals surface area contributed by atoms with Crippen LogP contribution in [0.5, 0.6) is 5.75 Å². The molecule has 1 aromatic carbocycles. The Hall–Kier alpha value is -1.35. The van der Waals surface area contributed by atoms with Crippen LogP contribution in [0.25, 0.3) is 10.9 Å². The molecule has 0 atom stereocenters. The number of aryl methyl sites for hydroxylation is 1. The van der Waals surface area contributed by atoms with Crippen molar-refractivity contribution in [1.29, 1.82) is 0 Å². The van der Waals surface area contributed by atoms with E-state index < -0.39 is 0 Å². The van der Waals surface area contributed by atoms with Crippen molar-refractivity contribution in [2.75, 3.05) is 5.73 Å². The number of nitrogens with two attached hydrogens (primary N) is 1. The molecule has 0 fully saturated rings. The predicted molar refractivity (Wildman–Crippen MR) is 54.1 cm³/mol. The van der Waals surface area contributed by atoms with E-state index in [-0.39, 0.29) is 10.8 Å². The number of hydrogen-bond donors (Lipinski definition) is 3. The summed E-state index contributed by atoms with van der Waals surface area (Å²) in [6, 6.07) is 3.61. The van der Waals surface area contributed by atoms with Gasteiger partial charge in [-0.05, 0) is 19.1 Å². The van der Waals surface area contributed by atoms with Gasteiger partial charge < -0.3 is 15.8 Å². The van der Waals surface area contributed by atoms with Gasteiger partial charge in [0.05, 0.1) is 16.2 Å². The van der Waals surface area contributed by atoms with Gasteiger partial charge in [-0.1, -0.05) is 11.6 Å². The van der Waals surface area contributed by atoms with Crippen LogP contribution in [-0.4, -0.2) is 10.1 Å². The molecule has 1 aromatic heterocycles. The molecule has 0 unspecified atom stereocenters. The number of rotatable bonds is 0. The predicted octanol–water partition coefficient (Wildman–Crippen LogP) is 2.42. The number of aromatic nitrogens is 1. The average molecular weight is 197 g/mol. The normalized spacial score (nSPS) is 10.9. The maximum atomic E-state index is 9.44. The van der Waals surface area contributed by atoms with E-state index in [2.05, 4.69) is 4.98 Å². The Kier molecular flexibility index (Phi) is 1.63. The summed E-state index contributed by atoms with van der Waals surface area (Å²) < 4.78 is 0. The smallest absolute Gasteiger partial charge is 0.159 e. The third-order valence-electron chi connectivity index (χ3n) is 2.02. The number of phenols is 1. The fourth-order valence-electron chi connectivity index (χ4n) is 1.40. The molecule has 0 bridgehead atoms. The van der Waals surface area contributed by atoms with Crippen LogP contribution in [0.15, 0.2) is 12.1 Å². The molecule has 0 saturated carbocycles. The SMILES string of the molecule is Cc1cc2cc(Cl)c(O)c(N)c2[nH]1. The van der Waals surface area contributed by atoms with Crippen molar-refractivity contribution in [3.8, 4) is 5.75 Å². The Morgan fingerprint density at radius 2 is 2.15 bits per heavy atom. The first kappa shape index (κ1) is 8.26. The zero-order valence-electron chi connectivity index (χ0n) is 7.06. The molecule has 13 heavy (non-hydrogen) atoms. The molecule has 0 radical (unpaired) electrons. The third kappa shape index (κ3) is 1.12. The van der Waals surface area contributed by atoms with Gasteiger partial charge >= 0.3 is 0 Å². The highest BCUT2D eigenvalue weighted by Crippen LogP contribution is 2.36. The Balaban J connectivity index is 2.92. The van der Waals surface area contributed by atoms with Gasteiger partial charge in [0.25, 0.3) is 0 Å². The van der Waals surface area contributed by atoms with Gasteiger partial charge in [0.1, 0.15) is 0 Å². The third-order valence-corrected chi connectivity index (χ3v) is 2.30. The zero-order valence-corrected chi connectivity index (χ0v) is 7.81. The van der Waals surface area contributed by atoms with E-state index in [0.29, 0.717) is 5.69 Å². The zero-order chi connectivity index (χ0) is 9.59. The van der Waals surface area contributed by atoms with Crippen LogP contribution in [-0.2, 0) is 0 Å². The fourth-order valence-corrected chi connectivity index (χ4v) is 1.62. The van der Waals surface area contributed by atoms with E-state index in [0.717, 1.165) is 16.6 Å². The molecule has 0 spiro atoms. The number of phenolic OH excluding ortho intramolecular Hbond substituents is 1. The summed E-state index contributed by atoms with van der Waals surface area (Å²) in [6.45, 7) is 1.92. The van der Waals surface area contributed by atoms with Crippen molar-refractivity contribution in [2.45, 2.75) is 6.92 Å². The van der Waals surface area contributed by atoms with Crippen molar-refractivity contribution in [2.24, 2.45) is 0 Å². The van der Waals surface area contributed by atoms with Crippen molar-refractivity contribution in [3.05, 3.63) is 22.8 Å². The standard InChI is InChI=1S/C9H9ClN2O/c1-4-2-5-3-6(10)9(13)7(11)8(5)12-4/h2-3,12-13H,11H2,1H3. The summed E-state index contributed by atoms with van der Waals surface area (Å²) in [5.41, 5.74) is 7.69. The first-order valence-electron chi connectivity index (χ1n) is 3.86. The second kappa shape index (κ2) is 2.57. The summed E-state index contributed by atoms with van der Waals surface area (Å²) in [5, 5.41) is 10.6. The highest BCUT2D eigenvalue weighted by molar-refractivity contribution is 6.33. The van der Waals surface area contributed by atoms with Crippen LogP contribution < -0.4 is 5.73 Å². The van der Waals surface area contributed by atoms with Crippen molar-refractivity contribution in [1.82, 2.24) is 4.98 Å². The lowest BCUT2D eigenvalue weighted by Crippen LogP contribution is -1.88. The summed E-state index contributed by atoms with van der Waals surface area (Å²) in [7, 11) is 0. The number of halogens is 1. The molecule has 1 heterocycles. The van der Waals surface area contributed by atoms with E-state index >= 15 is 0 Å². The van der Waals surface area contributed by atoms with Gasteiger partial charge in [0, 0.05) is 11.1 Å². The van der Waals surface area contributed by atoms with Crippen LogP contribution in [0, 0.1) is 6.92 Å². The number of benzene rings is 1. The van der Waals surface area contributed by atoms with E-state index in [9.17, 15) is 5.11 Å². The summed E-state index contributed by atoms with van der Waals surface area (Å²) in [6.07, 6.45) is 0. The molecule has 0 saturated heterocycles. The monoisotopic (exact) mass is 196 g/mol. The lowest BCUT2D eigenvalue weighted by Gasteiger charge is -2.01.